The van der Waals surface area contributed by atoms with Gasteiger partial charge >= 0.3 is 11.9 Å². The third-order valence-electron chi connectivity index (χ3n) is 4.79. The van der Waals surface area contributed by atoms with Crippen molar-refractivity contribution in [1.29, 1.82) is 0 Å². The van der Waals surface area contributed by atoms with Crippen molar-refractivity contribution < 1.29 is 38.8 Å². The quantitative estimate of drug-likeness (QED) is 0.272. The number of carboxylic acid groups (broad SMARTS) is 2. The van der Waals surface area contributed by atoms with Gasteiger partial charge in [0, 0.05) is 13.0 Å². The van der Waals surface area contributed by atoms with E-state index in [-0.39, 0.29) is 19.4 Å². The van der Waals surface area contributed by atoms with Gasteiger partial charge in [-0.1, -0.05) is 30.3 Å². The van der Waals surface area contributed by atoms with Crippen LogP contribution < -0.4 is 9.47 Å². The lowest BCUT2D eigenvalue weighted by molar-refractivity contribution is -0.153. The molecule has 2 N–H and O–H groups in total. The largest absolute Gasteiger partial charge is 0.494 e. The third-order valence-corrected chi connectivity index (χ3v) is 4.79. The second-order valence-corrected chi connectivity index (χ2v) is 7.43. The first-order chi connectivity index (χ1) is 16.0. The van der Waals surface area contributed by atoms with Crippen LogP contribution in [0.5, 0.6) is 11.5 Å². The lowest BCUT2D eigenvalue weighted by atomic mass is 10.1. The van der Waals surface area contributed by atoms with Crippen LogP contribution in [0.4, 0.5) is 0 Å². The Hall–Kier alpha value is -3.39. The maximum Gasteiger partial charge on any atom is 0.372 e. The Morgan fingerprint density at radius 2 is 1.45 bits per heavy atom. The summed E-state index contributed by atoms with van der Waals surface area (Å²) in [5.41, 5.74) is 1.04. The Kier molecular flexibility index (Phi) is 11.5. The second kappa shape index (κ2) is 14.6. The van der Waals surface area contributed by atoms with Gasteiger partial charge in [-0.15, -0.1) is 0 Å². The van der Waals surface area contributed by atoms with Gasteiger partial charge in [-0.05, 0) is 61.9 Å². The molecule has 0 radical (unpaired) electrons. The topological polar surface area (TPSA) is 119 Å². The summed E-state index contributed by atoms with van der Waals surface area (Å²) in [5, 5.41) is 17.7. The van der Waals surface area contributed by atoms with Crippen LogP contribution in [0.25, 0.3) is 0 Å². The van der Waals surface area contributed by atoms with Gasteiger partial charge in [-0.25, -0.2) is 9.59 Å². The fourth-order valence-corrected chi connectivity index (χ4v) is 3.04. The lowest BCUT2D eigenvalue weighted by Crippen LogP contribution is -2.26. The molecule has 1 unspecified atom stereocenters. The summed E-state index contributed by atoms with van der Waals surface area (Å²) in [7, 11) is 0. The average Bonchev–Trinajstić information content (AvgIpc) is 2.81. The maximum atomic E-state index is 11.2. The monoisotopic (exact) mass is 458 g/mol. The SMILES string of the molecule is O=C(O)C(=O)CCC(OCCCc1cccc(OCCCCOc2ccccc2)c1)C(=O)O. The number of ether oxygens (including phenoxy) is 3. The standard InChI is InChI=1S/C25H30O8/c26-22(24(27)28)13-14-23(25(29)30)33-17-7-9-19-8-6-12-21(18-19)32-16-5-4-15-31-20-10-2-1-3-11-20/h1-3,6,8,10-12,18,23H,4-5,7,9,13-17H2,(H,27,28)(H,29,30). The summed E-state index contributed by atoms with van der Waals surface area (Å²) in [5.74, 6) is -2.17. The highest BCUT2D eigenvalue weighted by molar-refractivity contribution is 6.32. The molecule has 0 aliphatic carbocycles. The number of hydrogen-bond acceptors (Lipinski definition) is 6. The summed E-state index contributed by atoms with van der Waals surface area (Å²) < 4.78 is 16.8. The molecule has 0 aliphatic heterocycles. The first kappa shape index (κ1) is 25.9. The summed E-state index contributed by atoms with van der Waals surface area (Å²) >= 11 is 0. The molecule has 1 atom stereocenters. The summed E-state index contributed by atoms with van der Waals surface area (Å²) in [6.45, 7) is 1.40. The molecule has 8 heteroatoms. The van der Waals surface area contributed by atoms with E-state index < -0.39 is 23.8 Å². The van der Waals surface area contributed by atoms with Crippen LogP contribution in [0, 0.1) is 0 Å². The number of para-hydroxylation sites is 1. The number of hydrogen-bond donors (Lipinski definition) is 2. The van der Waals surface area contributed by atoms with E-state index in [1.54, 1.807) is 0 Å². The molecule has 0 saturated carbocycles. The molecule has 0 fully saturated rings. The summed E-state index contributed by atoms with van der Waals surface area (Å²) in [6.07, 6.45) is 1.26. The van der Waals surface area contributed by atoms with E-state index in [1.807, 2.05) is 54.6 Å². The molecule has 0 spiro atoms. The third kappa shape index (κ3) is 10.7. The van der Waals surface area contributed by atoms with Gasteiger partial charge in [0.2, 0.25) is 5.78 Å². The predicted octanol–water partition coefficient (Wildman–Crippen LogP) is 3.76. The molecule has 0 amide bonds. The lowest BCUT2D eigenvalue weighted by Gasteiger charge is -2.13. The number of rotatable bonds is 17. The first-order valence-corrected chi connectivity index (χ1v) is 11.0. The number of ketones is 1. The van der Waals surface area contributed by atoms with Crippen molar-refractivity contribution in [2.75, 3.05) is 19.8 Å². The van der Waals surface area contributed by atoms with Crippen LogP contribution in [0.15, 0.2) is 54.6 Å². The highest BCUT2D eigenvalue weighted by atomic mass is 16.5. The molecule has 0 aliphatic rings. The van der Waals surface area contributed by atoms with Crippen molar-refractivity contribution in [2.24, 2.45) is 0 Å². The Morgan fingerprint density at radius 3 is 2.12 bits per heavy atom. The normalized spacial score (nSPS) is 11.5. The van der Waals surface area contributed by atoms with E-state index in [1.165, 1.54) is 0 Å². The number of aliphatic carboxylic acids is 2. The highest BCUT2D eigenvalue weighted by Crippen LogP contribution is 2.16. The van der Waals surface area contributed by atoms with E-state index in [4.69, 9.17) is 24.4 Å². The number of Topliss-reactive ketones (excluding diaryl/α,β-unsaturated/α-hetero) is 1. The van der Waals surface area contributed by atoms with E-state index in [0.717, 1.165) is 29.9 Å². The van der Waals surface area contributed by atoms with Gasteiger partial charge in [0.15, 0.2) is 6.10 Å². The van der Waals surface area contributed by atoms with Gasteiger partial charge in [0.25, 0.3) is 0 Å². The van der Waals surface area contributed by atoms with Gasteiger partial charge in [-0.2, -0.15) is 0 Å². The molecule has 0 heterocycles. The van der Waals surface area contributed by atoms with Crippen molar-refractivity contribution in [3.8, 4) is 11.5 Å². The van der Waals surface area contributed by atoms with Crippen molar-refractivity contribution in [2.45, 2.75) is 44.6 Å². The van der Waals surface area contributed by atoms with Crippen LogP contribution in [-0.4, -0.2) is 53.9 Å². The highest BCUT2D eigenvalue weighted by Gasteiger charge is 2.21. The fourth-order valence-electron chi connectivity index (χ4n) is 3.04. The van der Waals surface area contributed by atoms with Crippen molar-refractivity contribution >= 4 is 17.7 Å². The smallest absolute Gasteiger partial charge is 0.372 e. The minimum Gasteiger partial charge on any atom is -0.494 e. The zero-order valence-corrected chi connectivity index (χ0v) is 18.5. The molecular formula is C25H30O8. The minimum absolute atomic E-state index is 0.166. The Bertz CT molecular complexity index is 881. The molecule has 2 aromatic rings. The van der Waals surface area contributed by atoms with Crippen molar-refractivity contribution in [3.05, 3.63) is 60.2 Å². The molecule has 8 nitrogen and oxygen atoms in total. The van der Waals surface area contributed by atoms with Crippen molar-refractivity contribution in [1.82, 2.24) is 0 Å². The summed E-state index contributed by atoms with van der Waals surface area (Å²) in [6, 6.07) is 17.4. The molecule has 33 heavy (non-hydrogen) atoms. The molecule has 2 rings (SSSR count). The van der Waals surface area contributed by atoms with Crippen LogP contribution in [0.3, 0.4) is 0 Å². The van der Waals surface area contributed by atoms with Gasteiger partial charge < -0.3 is 24.4 Å². The number of unbranched alkanes of at least 4 members (excludes halogenated alkanes) is 1. The molecule has 0 saturated heterocycles. The van der Waals surface area contributed by atoms with Crippen LogP contribution in [0.2, 0.25) is 0 Å². The zero-order chi connectivity index (χ0) is 23.9. The van der Waals surface area contributed by atoms with Crippen LogP contribution in [-0.2, 0) is 25.5 Å². The zero-order valence-electron chi connectivity index (χ0n) is 18.5. The molecule has 2 aromatic carbocycles. The van der Waals surface area contributed by atoms with Crippen LogP contribution in [0.1, 0.15) is 37.7 Å². The maximum absolute atomic E-state index is 11.2. The van der Waals surface area contributed by atoms with E-state index in [2.05, 4.69) is 0 Å². The number of carboxylic acids is 2. The number of carbonyl (C=O) groups is 3. The molecule has 0 aromatic heterocycles. The van der Waals surface area contributed by atoms with E-state index >= 15 is 0 Å². The fraction of sp³-hybridized carbons (Fsp3) is 0.400. The Morgan fingerprint density at radius 1 is 0.788 bits per heavy atom. The summed E-state index contributed by atoms with van der Waals surface area (Å²) in [4.78, 5) is 32.9. The van der Waals surface area contributed by atoms with E-state index in [9.17, 15) is 14.4 Å². The first-order valence-electron chi connectivity index (χ1n) is 11.0. The Balaban J connectivity index is 1.62. The van der Waals surface area contributed by atoms with Gasteiger partial charge in [-0.3, -0.25) is 4.79 Å². The second-order valence-electron chi connectivity index (χ2n) is 7.43. The van der Waals surface area contributed by atoms with Gasteiger partial charge in [0.05, 0.1) is 13.2 Å². The predicted molar refractivity (Wildman–Crippen MR) is 121 cm³/mol. The van der Waals surface area contributed by atoms with Crippen molar-refractivity contribution in [3.63, 3.8) is 0 Å². The minimum atomic E-state index is -1.57. The Labute approximate surface area is 193 Å². The molecule has 178 valence electrons. The average molecular weight is 459 g/mol. The number of aryl methyl sites for hydroxylation is 1. The van der Waals surface area contributed by atoms with Gasteiger partial charge in [0.1, 0.15) is 11.5 Å². The molecular weight excluding hydrogens is 428 g/mol. The number of carbonyl (C=O) groups excluding carboxylic acids is 1. The van der Waals surface area contributed by atoms with Crippen LogP contribution >= 0.6 is 0 Å². The number of benzene rings is 2. The van der Waals surface area contributed by atoms with E-state index in [0.29, 0.717) is 26.1 Å². The molecule has 0 bridgehead atoms.